The van der Waals surface area contributed by atoms with Crippen molar-refractivity contribution >= 4 is 38.1 Å². The highest BCUT2D eigenvalue weighted by atomic mass is 35.5. The van der Waals surface area contributed by atoms with E-state index in [1.165, 1.54) is 24.2 Å². The third-order valence-electron chi connectivity index (χ3n) is 4.40. The van der Waals surface area contributed by atoms with Crippen LogP contribution in [0.25, 0.3) is 0 Å². The summed E-state index contributed by atoms with van der Waals surface area (Å²) in [5, 5.41) is 2.45. The van der Waals surface area contributed by atoms with Gasteiger partial charge in [0.15, 0.2) is 0 Å². The number of benzene rings is 1. The van der Waals surface area contributed by atoms with E-state index in [9.17, 15) is 21.2 Å². The topological polar surface area (TPSA) is 95.6 Å². The summed E-state index contributed by atoms with van der Waals surface area (Å²) in [4.78, 5) is -0.196. The zero-order valence-electron chi connectivity index (χ0n) is 15.1. The summed E-state index contributed by atoms with van der Waals surface area (Å²) in [6, 6.07) is 2.91. The lowest BCUT2D eigenvalue weighted by molar-refractivity contribution is 0.233. The van der Waals surface area contributed by atoms with Crippen LogP contribution in [0.4, 0.5) is 10.1 Å². The van der Waals surface area contributed by atoms with E-state index in [-0.39, 0.29) is 41.6 Å². The minimum atomic E-state index is -3.87. The average Bonchev–Trinajstić information content (AvgIpc) is 2.51. The van der Waals surface area contributed by atoms with E-state index >= 15 is 0 Å². The van der Waals surface area contributed by atoms with Crippen LogP contribution in [-0.4, -0.2) is 51.6 Å². The second kappa shape index (κ2) is 8.39. The summed E-state index contributed by atoms with van der Waals surface area (Å²) in [5.41, 5.74) is -0.269. The van der Waals surface area contributed by atoms with Crippen LogP contribution in [-0.2, 0) is 20.0 Å². The predicted octanol–water partition coefficient (Wildman–Crippen LogP) is 1.77. The number of nitrogens with one attached hydrogen (secondary N) is 2. The van der Waals surface area contributed by atoms with Gasteiger partial charge in [0.1, 0.15) is 5.82 Å². The summed E-state index contributed by atoms with van der Waals surface area (Å²) in [5.74, 6) is -0.930. The van der Waals surface area contributed by atoms with Crippen LogP contribution in [0.2, 0.25) is 0 Å². The van der Waals surface area contributed by atoms with Gasteiger partial charge < -0.3 is 5.32 Å². The molecule has 1 aliphatic heterocycles. The van der Waals surface area contributed by atoms with Crippen molar-refractivity contribution in [1.29, 1.82) is 0 Å². The fourth-order valence-electron chi connectivity index (χ4n) is 2.51. The second-order valence-electron chi connectivity index (χ2n) is 6.44. The Balaban J connectivity index is 0.00000338. The number of halogens is 2. The molecule has 26 heavy (non-hydrogen) atoms. The van der Waals surface area contributed by atoms with Gasteiger partial charge in [0.05, 0.1) is 15.8 Å². The quantitative estimate of drug-likeness (QED) is 0.743. The molecule has 0 aromatic heterocycles. The van der Waals surface area contributed by atoms with Crippen LogP contribution in [0.3, 0.4) is 0 Å². The molecule has 2 atom stereocenters. The van der Waals surface area contributed by atoms with Gasteiger partial charge in [0.2, 0.25) is 20.0 Å². The Morgan fingerprint density at radius 2 is 1.85 bits per heavy atom. The molecule has 150 valence electrons. The lowest BCUT2D eigenvalue weighted by Crippen LogP contribution is -2.57. The third kappa shape index (κ3) is 4.66. The Kier molecular flexibility index (Phi) is 7.45. The average molecular weight is 430 g/mol. The zero-order valence-corrected chi connectivity index (χ0v) is 17.5. The van der Waals surface area contributed by atoms with Crippen LogP contribution in [0.1, 0.15) is 27.7 Å². The van der Waals surface area contributed by atoms with E-state index in [1.807, 2.05) is 6.92 Å². The van der Waals surface area contributed by atoms with Crippen molar-refractivity contribution in [3.63, 3.8) is 0 Å². The van der Waals surface area contributed by atoms with Crippen molar-refractivity contribution in [2.45, 2.75) is 49.9 Å². The summed E-state index contributed by atoms with van der Waals surface area (Å²) >= 11 is 0. The first kappa shape index (κ1) is 23.1. The highest BCUT2D eigenvalue weighted by Crippen LogP contribution is 2.25. The first-order valence-electron chi connectivity index (χ1n) is 8.03. The van der Waals surface area contributed by atoms with Crippen molar-refractivity contribution in [2.75, 3.05) is 17.8 Å². The number of sulfonamides is 2. The van der Waals surface area contributed by atoms with Crippen molar-refractivity contribution < 1.29 is 21.2 Å². The Morgan fingerprint density at radius 3 is 2.38 bits per heavy atom. The second-order valence-corrected chi connectivity index (χ2v) is 10.6. The molecule has 1 heterocycles. The molecule has 1 aromatic carbocycles. The third-order valence-corrected chi connectivity index (χ3v) is 8.12. The number of hydrogen-bond acceptors (Lipinski definition) is 5. The maximum atomic E-state index is 14.3. The van der Waals surface area contributed by atoms with Gasteiger partial charge in [-0.1, -0.05) is 0 Å². The van der Waals surface area contributed by atoms with Crippen LogP contribution in [0.5, 0.6) is 0 Å². The number of piperazine rings is 1. The fourth-order valence-corrected chi connectivity index (χ4v) is 4.93. The van der Waals surface area contributed by atoms with Crippen LogP contribution >= 0.6 is 12.4 Å². The maximum absolute atomic E-state index is 14.3. The Hall–Kier alpha value is -0.940. The Labute approximate surface area is 160 Å². The van der Waals surface area contributed by atoms with Crippen LogP contribution < -0.4 is 10.0 Å². The molecule has 2 N–H and O–H groups in total. The molecule has 1 fully saturated rings. The minimum Gasteiger partial charge on any atom is -0.311 e. The Morgan fingerprint density at radius 1 is 1.23 bits per heavy atom. The summed E-state index contributed by atoms with van der Waals surface area (Å²) < 4.78 is 67.1. The van der Waals surface area contributed by atoms with Gasteiger partial charge >= 0.3 is 0 Å². The molecule has 7 nitrogen and oxygen atoms in total. The lowest BCUT2D eigenvalue weighted by Gasteiger charge is -2.37. The molecule has 0 radical (unpaired) electrons. The minimum absolute atomic E-state index is 0. The van der Waals surface area contributed by atoms with E-state index in [0.29, 0.717) is 6.54 Å². The van der Waals surface area contributed by atoms with E-state index in [1.54, 1.807) is 6.92 Å². The maximum Gasteiger partial charge on any atom is 0.243 e. The largest absolute Gasteiger partial charge is 0.311 e. The molecule has 11 heteroatoms. The molecular weight excluding hydrogens is 405 g/mol. The summed E-state index contributed by atoms with van der Waals surface area (Å²) in [7, 11) is -7.58. The molecule has 1 aliphatic rings. The van der Waals surface area contributed by atoms with Crippen molar-refractivity contribution in [2.24, 2.45) is 0 Å². The monoisotopic (exact) mass is 429 g/mol. The highest BCUT2D eigenvalue weighted by molar-refractivity contribution is 7.93. The van der Waals surface area contributed by atoms with Crippen LogP contribution in [0.15, 0.2) is 23.1 Å². The van der Waals surface area contributed by atoms with Gasteiger partial charge in [-0.15, -0.1) is 12.4 Å². The lowest BCUT2D eigenvalue weighted by atomic mass is 10.1. The van der Waals surface area contributed by atoms with Gasteiger partial charge in [0.25, 0.3) is 0 Å². The van der Waals surface area contributed by atoms with E-state index < -0.39 is 31.1 Å². The predicted molar refractivity (Wildman–Crippen MR) is 102 cm³/mol. The van der Waals surface area contributed by atoms with Gasteiger partial charge in [-0.2, -0.15) is 4.31 Å². The Bertz CT molecular complexity index is 846. The smallest absolute Gasteiger partial charge is 0.243 e. The van der Waals surface area contributed by atoms with Crippen LogP contribution in [0, 0.1) is 5.82 Å². The van der Waals surface area contributed by atoms with Gasteiger partial charge in [0, 0.05) is 25.2 Å². The SMILES string of the molecule is CC1NCCN(S(=O)(=O)c2ccc(NS(=O)(=O)C(C)C)c(F)c2)C1C.Cl. The molecule has 2 rings (SSSR count). The van der Waals surface area contributed by atoms with Crippen molar-refractivity contribution in [1.82, 2.24) is 9.62 Å². The summed E-state index contributed by atoms with van der Waals surface area (Å²) in [6.07, 6.45) is 0. The molecule has 0 bridgehead atoms. The molecule has 1 saturated heterocycles. The molecule has 0 aliphatic carbocycles. The molecule has 0 saturated carbocycles. The van der Waals surface area contributed by atoms with Gasteiger partial charge in [-0.25, -0.2) is 21.2 Å². The molecule has 0 amide bonds. The number of anilines is 1. The van der Waals surface area contributed by atoms with E-state index in [4.69, 9.17) is 0 Å². The first-order chi connectivity index (χ1) is 11.5. The number of rotatable bonds is 5. The molecular formula is C15H25ClFN3O4S2. The highest BCUT2D eigenvalue weighted by Gasteiger charge is 2.34. The molecule has 2 unspecified atom stereocenters. The first-order valence-corrected chi connectivity index (χ1v) is 11.0. The fraction of sp³-hybridized carbons (Fsp3) is 0.600. The molecule has 1 aromatic rings. The zero-order chi connectivity index (χ0) is 19.0. The van der Waals surface area contributed by atoms with E-state index in [2.05, 4.69) is 10.0 Å². The molecule has 0 spiro atoms. The van der Waals surface area contributed by atoms with Crippen molar-refractivity contribution in [3.8, 4) is 0 Å². The number of nitrogens with zero attached hydrogens (tertiary/aromatic N) is 1. The van der Waals surface area contributed by atoms with Crippen molar-refractivity contribution in [3.05, 3.63) is 24.0 Å². The van der Waals surface area contributed by atoms with E-state index in [0.717, 1.165) is 12.1 Å². The standard InChI is InChI=1S/C15H24FN3O4S2.ClH/c1-10(2)24(20,21)18-15-6-5-13(9-14(15)16)25(22,23)19-8-7-17-11(3)12(19)4;/h5-6,9-12,17-18H,7-8H2,1-4H3;1H. The summed E-state index contributed by atoms with van der Waals surface area (Å²) in [6.45, 7) is 7.40. The van der Waals surface area contributed by atoms with Gasteiger partial charge in [-0.05, 0) is 45.9 Å². The van der Waals surface area contributed by atoms with Gasteiger partial charge in [-0.3, -0.25) is 4.72 Å². The number of hydrogen-bond donors (Lipinski definition) is 2. The normalized spacial score (nSPS) is 22.1.